The number of carbonyl (C=O) groups is 1. The highest BCUT2D eigenvalue weighted by atomic mass is 16.5. The van der Waals surface area contributed by atoms with E-state index in [2.05, 4.69) is 50.8 Å². The molecule has 70 valence electrons. The van der Waals surface area contributed by atoms with E-state index in [9.17, 15) is 4.79 Å². The molecule has 0 atom stereocenters. The smallest absolute Gasteiger partial charge is 0.329 e. The summed E-state index contributed by atoms with van der Waals surface area (Å²) in [5.74, 6) is -0.394. The molecule has 0 unspecified atom stereocenters. The summed E-state index contributed by atoms with van der Waals surface area (Å²) in [5, 5.41) is 0. The molecule has 0 aliphatic rings. The van der Waals surface area contributed by atoms with Gasteiger partial charge in [0.2, 0.25) is 0 Å². The van der Waals surface area contributed by atoms with Gasteiger partial charge in [0.05, 0.1) is 7.11 Å². The fourth-order valence-corrected chi connectivity index (χ4v) is 0.0833. The van der Waals surface area contributed by atoms with Gasteiger partial charge in [0.1, 0.15) is 0 Å². The first-order chi connectivity index (χ1) is 5.81. The van der Waals surface area contributed by atoms with Crippen LogP contribution in [0.3, 0.4) is 0 Å². The highest BCUT2D eigenvalue weighted by molar-refractivity contribution is 5.80. The van der Waals surface area contributed by atoms with Gasteiger partial charge in [0, 0.05) is 6.08 Å². The zero-order chi connectivity index (χ0) is 11.0. The van der Waals surface area contributed by atoms with E-state index in [1.807, 2.05) is 0 Å². The highest BCUT2D eigenvalue weighted by Gasteiger charge is 1.81. The zero-order valence-electron chi connectivity index (χ0n) is 7.84. The summed E-state index contributed by atoms with van der Waals surface area (Å²) in [6, 6.07) is 0. The molecule has 0 aliphatic carbocycles. The molecule has 12 heavy (non-hydrogen) atoms. The standard InChI is InChI=1S/C4H6O2.3C2H4/c1-3-4(5)6-2;3*1-2/h3H,1H2,2H3;3*1-2H2. The maximum absolute atomic E-state index is 9.84. The second kappa shape index (κ2) is 57.0. The van der Waals surface area contributed by atoms with E-state index in [4.69, 9.17) is 0 Å². The minimum absolute atomic E-state index is 0.394. The Morgan fingerprint density at radius 1 is 1.08 bits per heavy atom. The lowest BCUT2D eigenvalue weighted by Crippen LogP contribution is -1.91. The van der Waals surface area contributed by atoms with Crippen molar-refractivity contribution in [3.8, 4) is 0 Å². The van der Waals surface area contributed by atoms with Crippen LogP contribution < -0.4 is 0 Å². The summed E-state index contributed by atoms with van der Waals surface area (Å²) in [6.07, 6.45) is 1.11. The van der Waals surface area contributed by atoms with Gasteiger partial charge in [0.15, 0.2) is 0 Å². The van der Waals surface area contributed by atoms with E-state index in [-0.39, 0.29) is 0 Å². The van der Waals surface area contributed by atoms with Crippen molar-refractivity contribution >= 4 is 5.97 Å². The molecule has 2 heteroatoms. The first kappa shape index (κ1) is 22.4. The van der Waals surface area contributed by atoms with E-state index in [0.29, 0.717) is 0 Å². The molecule has 0 aromatic heterocycles. The molecule has 0 heterocycles. The zero-order valence-corrected chi connectivity index (χ0v) is 7.84. The molecule has 0 saturated carbocycles. The topological polar surface area (TPSA) is 26.3 Å². The van der Waals surface area contributed by atoms with Gasteiger partial charge in [-0.1, -0.05) is 6.58 Å². The van der Waals surface area contributed by atoms with Crippen LogP contribution in [-0.4, -0.2) is 13.1 Å². The summed E-state index contributed by atoms with van der Waals surface area (Å²) in [5.41, 5.74) is 0. The number of rotatable bonds is 1. The summed E-state index contributed by atoms with van der Waals surface area (Å²) >= 11 is 0. The Kier molecular flexibility index (Phi) is 106. The third kappa shape index (κ3) is 78.8. The van der Waals surface area contributed by atoms with E-state index >= 15 is 0 Å². The number of hydrogen-bond donors (Lipinski definition) is 0. The molecule has 0 fully saturated rings. The molecule has 0 spiro atoms. The largest absolute Gasteiger partial charge is 0.466 e. The molecule has 0 rings (SSSR count). The van der Waals surface area contributed by atoms with Crippen molar-refractivity contribution in [2.24, 2.45) is 0 Å². The van der Waals surface area contributed by atoms with Crippen LogP contribution in [0.25, 0.3) is 0 Å². The van der Waals surface area contributed by atoms with Crippen LogP contribution in [0.4, 0.5) is 0 Å². The third-order valence-electron chi connectivity index (χ3n) is 0.368. The van der Waals surface area contributed by atoms with E-state index in [1.165, 1.54) is 7.11 Å². The normalized spacial score (nSPS) is 4.42. The molecule has 0 aliphatic heterocycles. The second-order valence-corrected chi connectivity index (χ2v) is 0.727. The average molecular weight is 170 g/mol. The summed E-state index contributed by atoms with van der Waals surface area (Å²) in [6.45, 7) is 21.2. The van der Waals surface area contributed by atoms with E-state index < -0.39 is 5.97 Å². The van der Waals surface area contributed by atoms with Gasteiger partial charge in [-0.15, -0.1) is 39.5 Å². The second-order valence-electron chi connectivity index (χ2n) is 0.727. The summed E-state index contributed by atoms with van der Waals surface area (Å²) in [4.78, 5) is 9.84. The molecule has 0 bridgehead atoms. The lowest BCUT2D eigenvalue weighted by molar-refractivity contribution is -0.134. The van der Waals surface area contributed by atoms with Crippen molar-refractivity contribution in [1.82, 2.24) is 0 Å². The van der Waals surface area contributed by atoms with Crippen LogP contribution in [0, 0.1) is 0 Å². The molecule has 2 nitrogen and oxygen atoms in total. The van der Waals surface area contributed by atoms with Gasteiger partial charge in [-0.2, -0.15) is 0 Å². The molecule has 0 saturated heterocycles. The van der Waals surface area contributed by atoms with Gasteiger partial charge in [-0.3, -0.25) is 0 Å². The number of methoxy groups -OCH3 is 1. The van der Waals surface area contributed by atoms with Crippen molar-refractivity contribution in [1.29, 1.82) is 0 Å². The van der Waals surface area contributed by atoms with E-state index in [1.54, 1.807) is 0 Å². The first-order valence-electron chi connectivity index (χ1n) is 3.01. The minimum Gasteiger partial charge on any atom is -0.466 e. The molecular formula is C10H18O2. The lowest BCUT2D eigenvalue weighted by Gasteiger charge is -1.83. The lowest BCUT2D eigenvalue weighted by atomic mass is 10.7. The Hall–Kier alpha value is -1.57. The Morgan fingerprint density at radius 3 is 1.33 bits per heavy atom. The van der Waals surface area contributed by atoms with Crippen molar-refractivity contribution in [3.05, 3.63) is 52.1 Å². The van der Waals surface area contributed by atoms with Crippen LogP contribution in [0.2, 0.25) is 0 Å². The van der Waals surface area contributed by atoms with E-state index in [0.717, 1.165) is 6.08 Å². The van der Waals surface area contributed by atoms with Crippen molar-refractivity contribution in [2.45, 2.75) is 0 Å². The van der Waals surface area contributed by atoms with Gasteiger partial charge in [-0.05, 0) is 0 Å². The summed E-state index contributed by atoms with van der Waals surface area (Å²) in [7, 11) is 1.31. The molecule has 0 radical (unpaired) electrons. The van der Waals surface area contributed by atoms with Crippen molar-refractivity contribution in [3.63, 3.8) is 0 Å². The third-order valence-corrected chi connectivity index (χ3v) is 0.368. The average Bonchev–Trinajstić information content (AvgIpc) is 2.25. The van der Waals surface area contributed by atoms with Crippen molar-refractivity contribution < 1.29 is 9.53 Å². The predicted molar refractivity (Wildman–Crippen MR) is 56.0 cm³/mol. The number of carbonyl (C=O) groups excluding carboxylic acids is 1. The number of hydrogen-bond acceptors (Lipinski definition) is 2. The molecule has 0 aromatic carbocycles. The van der Waals surface area contributed by atoms with Crippen LogP contribution in [0.1, 0.15) is 0 Å². The first-order valence-corrected chi connectivity index (χ1v) is 3.01. The molecular weight excluding hydrogens is 152 g/mol. The highest BCUT2D eigenvalue weighted by Crippen LogP contribution is 1.67. The van der Waals surface area contributed by atoms with Crippen LogP contribution in [-0.2, 0) is 9.53 Å². The molecule has 0 aromatic rings. The van der Waals surface area contributed by atoms with Gasteiger partial charge in [0.25, 0.3) is 0 Å². The molecule has 0 amide bonds. The quantitative estimate of drug-likeness (QED) is 0.343. The van der Waals surface area contributed by atoms with Gasteiger partial charge >= 0.3 is 5.97 Å². The SMILES string of the molecule is C=C.C=C.C=C.C=CC(=O)OC. The van der Waals surface area contributed by atoms with Gasteiger partial charge in [-0.25, -0.2) is 4.79 Å². The summed E-state index contributed by atoms with van der Waals surface area (Å²) < 4.78 is 4.14. The van der Waals surface area contributed by atoms with Crippen LogP contribution in [0.15, 0.2) is 52.1 Å². The Balaban J connectivity index is -0.0000000453. The van der Waals surface area contributed by atoms with Crippen LogP contribution in [0.5, 0.6) is 0 Å². The minimum atomic E-state index is -0.394. The van der Waals surface area contributed by atoms with Crippen LogP contribution >= 0.6 is 0 Å². The number of ether oxygens (including phenoxy) is 1. The maximum Gasteiger partial charge on any atom is 0.329 e. The number of esters is 1. The van der Waals surface area contributed by atoms with Crippen molar-refractivity contribution in [2.75, 3.05) is 7.11 Å². The molecule has 0 N–H and O–H groups in total. The Bertz CT molecular complexity index is 93.3. The Labute approximate surface area is 75.6 Å². The monoisotopic (exact) mass is 170 g/mol. The maximum atomic E-state index is 9.84. The Morgan fingerprint density at radius 2 is 1.33 bits per heavy atom. The van der Waals surface area contributed by atoms with Gasteiger partial charge < -0.3 is 4.74 Å². The predicted octanol–water partition coefficient (Wildman–Crippen LogP) is 2.75. The fraction of sp³-hybridized carbons (Fsp3) is 0.100. The fourth-order valence-electron chi connectivity index (χ4n) is 0.0833.